The maximum atomic E-state index is 12.1. The van der Waals surface area contributed by atoms with Crippen molar-refractivity contribution >= 4 is 12.1 Å². The lowest BCUT2D eigenvalue weighted by Crippen LogP contribution is -2.43. The van der Waals surface area contributed by atoms with E-state index in [0.717, 1.165) is 12.0 Å². The van der Waals surface area contributed by atoms with Crippen molar-refractivity contribution < 1.29 is 19.1 Å². The molecule has 1 atom stereocenters. The average Bonchev–Trinajstić information content (AvgIpc) is 2.37. The molecule has 21 heavy (non-hydrogen) atoms. The van der Waals surface area contributed by atoms with E-state index in [9.17, 15) is 9.59 Å². The molecular formula is C16H27NO4. The molecule has 0 saturated carbocycles. The fourth-order valence-electron chi connectivity index (χ4n) is 2.35. The molecule has 1 fully saturated rings. The predicted molar refractivity (Wildman–Crippen MR) is 80.9 cm³/mol. The number of piperidine rings is 1. The summed E-state index contributed by atoms with van der Waals surface area (Å²) >= 11 is 0. The normalized spacial score (nSPS) is 21.3. The Labute approximate surface area is 127 Å². The second kappa shape index (κ2) is 7.48. The van der Waals surface area contributed by atoms with Gasteiger partial charge in [0.1, 0.15) is 5.60 Å². The highest BCUT2D eigenvalue weighted by atomic mass is 16.6. The summed E-state index contributed by atoms with van der Waals surface area (Å²) in [6, 6.07) is 0. The van der Waals surface area contributed by atoms with Crippen molar-refractivity contribution in [2.75, 3.05) is 19.7 Å². The van der Waals surface area contributed by atoms with E-state index in [1.165, 1.54) is 0 Å². The van der Waals surface area contributed by atoms with Crippen LogP contribution in [0.3, 0.4) is 0 Å². The van der Waals surface area contributed by atoms with Gasteiger partial charge in [-0.05, 0) is 46.5 Å². The minimum absolute atomic E-state index is 0.190. The van der Waals surface area contributed by atoms with Crippen LogP contribution in [-0.2, 0) is 14.3 Å². The second-order valence-electron chi connectivity index (χ2n) is 6.25. The number of likely N-dealkylation sites (tertiary alicyclic amines) is 1. The molecule has 1 heterocycles. The van der Waals surface area contributed by atoms with Gasteiger partial charge in [0.2, 0.25) is 0 Å². The quantitative estimate of drug-likeness (QED) is 0.593. The summed E-state index contributed by atoms with van der Waals surface area (Å²) in [6.07, 6.45) is 2.88. The molecule has 1 rings (SSSR count). The zero-order valence-electron chi connectivity index (χ0n) is 13.8. The van der Waals surface area contributed by atoms with E-state index in [1.807, 2.05) is 20.8 Å². The largest absolute Gasteiger partial charge is 0.463 e. The van der Waals surface area contributed by atoms with Gasteiger partial charge in [0.05, 0.1) is 6.61 Å². The van der Waals surface area contributed by atoms with Crippen LogP contribution in [0.15, 0.2) is 11.6 Å². The van der Waals surface area contributed by atoms with Crippen molar-refractivity contribution in [3.63, 3.8) is 0 Å². The number of carbonyl (C=O) groups is 2. The van der Waals surface area contributed by atoms with E-state index < -0.39 is 5.60 Å². The predicted octanol–water partition coefficient (Wildman–Crippen LogP) is 3.14. The molecule has 5 nitrogen and oxygen atoms in total. The van der Waals surface area contributed by atoms with Crippen LogP contribution in [0.25, 0.3) is 0 Å². The van der Waals surface area contributed by atoms with Gasteiger partial charge in [0, 0.05) is 19.2 Å². The third kappa shape index (κ3) is 5.78. The van der Waals surface area contributed by atoms with Crippen LogP contribution in [0.1, 0.15) is 47.5 Å². The molecule has 5 heteroatoms. The summed E-state index contributed by atoms with van der Waals surface area (Å²) in [4.78, 5) is 25.4. The number of rotatable bonds is 3. The molecule has 0 bridgehead atoms. The van der Waals surface area contributed by atoms with E-state index >= 15 is 0 Å². The fourth-order valence-corrected chi connectivity index (χ4v) is 2.35. The number of esters is 1. The zero-order chi connectivity index (χ0) is 16.0. The number of amides is 1. The summed E-state index contributed by atoms with van der Waals surface area (Å²) < 4.78 is 10.4. The highest BCUT2D eigenvalue weighted by Gasteiger charge is 2.29. The van der Waals surface area contributed by atoms with Crippen LogP contribution < -0.4 is 0 Å². The van der Waals surface area contributed by atoms with Crippen molar-refractivity contribution in [1.29, 1.82) is 0 Å². The third-order valence-electron chi connectivity index (χ3n) is 3.37. The summed E-state index contributed by atoms with van der Waals surface area (Å²) in [6.45, 7) is 11.0. The minimum Gasteiger partial charge on any atom is -0.463 e. The van der Waals surface area contributed by atoms with Crippen molar-refractivity contribution in [2.45, 2.75) is 53.1 Å². The number of ether oxygens (including phenoxy) is 2. The Morgan fingerprint density at radius 2 is 2.00 bits per heavy atom. The molecule has 1 aliphatic rings. The van der Waals surface area contributed by atoms with Gasteiger partial charge in [-0.3, -0.25) is 0 Å². The van der Waals surface area contributed by atoms with Crippen LogP contribution in [0, 0.1) is 5.92 Å². The molecule has 0 aliphatic carbocycles. The summed E-state index contributed by atoms with van der Waals surface area (Å²) in [5.41, 5.74) is 0.579. The minimum atomic E-state index is -0.486. The zero-order valence-corrected chi connectivity index (χ0v) is 13.8. The molecule has 0 radical (unpaired) electrons. The van der Waals surface area contributed by atoms with Crippen molar-refractivity contribution in [3.05, 3.63) is 11.6 Å². The summed E-state index contributed by atoms with van der Waals surface area (Å²) in [5.74, 6) is -0.104. The lowest BCUT2D eigenvalue weighted by atomic mass is 9.89. The maximum Gasteiger partial charge on any atom is 0.410 e. The third-order valence-corrected chi connectivity index (χ3v) is 3.37. The Kier molecular flexibility index (Phi) is 6.24. The van der Waals surface area contributed by atoms with Gasteiger partial charge >= 0.3 is 12.1 Å². The summed E-state index contributed by atoms with van der Waals surface area (Å²) in [5, 5.41) is 0. The van der Waals surface area contributed by atoms with Crippen LogP contribution in [-0.4, -0.2) is 42.3 Å². The van der Waals surface area contributed by atoms with Crippen molar-refractivity contribution in [3.8, 4) is 0 Å². The first kappa shape index (κ1) is 17.5. The standard InChI is InChI=1S/C16H27NO4/c1-6-12-11-17(15(19)21-16(3,4)5)9-8-13(12)10-14(18)20-7-2/h10,12H,6-9,11H2,1-5H3/b13-10+. The Hall–Kier alpha value is -1.52. The van der Waals surface area contributed by atoms with Crippen LogP contribution in [0.4, 0.5) is 4.79 Å². The van der Waals surface area contributed by atoms with Gasteiger partial charge in [-0.2, -0.15) is 0 Å². The molecular weight excluding hydrogens is 270 g/mol. The van der Waals surface area contributed by atoms with Gasteiger partial charge < -0.3 is 14.4 Å². The molecule has 1 unspecified atom stereocenters. The number of nitrogens with zero attached hydrogens (tertiary/aromatic N) is 1. The van der Waals surface area contributed by atoms with E-state index in [1.54, 1.807) is 17.9 Å². The first-order valence-corrected chi connectivity index (χ1v) is 7.62. The number of hydrogen-bond acceptors (Lipinski definition) is 4. The Morgan fingerprint density at radius 3 is 2.52 bits per heavy atom. The van der Waals surface area contributed by atoms with Crippen LogP contribution >= 0.6 is 0 Å². The Balaban J connectivity index is 2.69. The highest BCUT2D eigenvalue weighted by molar-refractivity contribution is 5.83. The van der Waals surface area contributed by atoms with Crippen LogP contribution in [0.5, 0.6) is 0 Å². The topological polar surface area (TPSA) is 55.8 Å². The number of carbonyl (C=O) groups excluding carboxylic acids is 2. The molecule has 1 saturated heterocycles. The second-order valence-corrected chi connectivity index (χ2v) is 6.25. The lowest BCUT2D eigenvalue weighted by Gasteiger charge is -2.35. The Morgan fingerprint density at radius 1 is 1.33 bits per heavy atom. The first-order chi connectivity index (χ1) is 9.76. The van der Waals surface area contributed by atoms with Gasteiger partial charge in [-0.15, -0.1) is 0 Å². The molecule has 0 N–H and O–H groups in total. The molecule has 0 aromatic carbocycles. The first-order valence-electron chi connectivity index (χ1n) is 7.62. The summed E-state index contributed by atoms with van der Waals surface area (Å²) in [7, 11) is 0. The molecule has 0 aromatic heterocycles. The molecule has 120 valence electrons. The lowest BCUT2D eigenvalue weighted by molar-refractivity contribution is -0.137. The monoisotopic (exact) mass is 297 g/mol. The maximum absolute atomic E-state index is 12.1. The molecule has 0 aromatic rings. The van der Waals surface area contributed by atoms with Crippen molar-refractivity contribution in [1.82, 2.24) is 4.90 Å². The fraction of sp³-hybridized carbons (Fsp3) is 0.750. The smallest absolute Gasteiger partial charge is 0.410 e. The average molecular weight is 297 g/mol. The van der Waals surface area contributed by atoms with E-state index in [4.69, 9.17) is 9.47 Å². The van der Waals surface area contributed by atoms with Gasteiger partial charge in [0.25, 0.3) is 0 Å². The Bertz CT molecular complexity index is 409. The van der Waals surface area contributed by atoms with Crippen LogP contribution in [0.2, 0.25) is 0 Å². The van der Waals surface area contributed by atoms with Gasteiger partial charge in [-0.25, -0.2) is 9.59 Å². The van der Waals surface area contributed by atoms with E-state index in [-0.39, 0.29) is 18.0 Å². The molecule has 0 spiro atoms. The van der Waals surface area contributed by atoms with Gasteiger partial charge in [-0.1, -0.05) is 12.5 Å². The SMILES string of the molecule is CCOC(=O)/C=C1\CCN(C(=O)OC(C)(C)C)CC1CC. The molecule has 1 aliphatic heterocycles. The number of hydrogen-bond donors (Lipinski definition) is 0. The van der Waals surface area contributed by atoms with E-state index in [0.29, 0.717) is 26.1 Å². The molecule has 1 amide bonds. The highest BCUT2D eigenvalue weighted by Crippen LogP contribution is 2.26. The van der Waals surface area contributed by atoms with Gasteiger partial charge in [0.15, 0.2) is 0 Å². The van der Waals surface area contributed by atoms with E-state index in [2.05, 4.69) is 6.92 Å². The van der Waals surface area contributed by atoms with Crippen molar-refractivity contribution in [2.24, 2.45) is 5.92 Å².